The number of hydrogen-bond acceptors (Lipinski definition) is 1. The van der Waals surface area contributed by atoms with Gasteiger partial charge in [-0.15, -0.1) is 0 Å². The third kappa shape index (κ3) is 1.58. The normalized spacial score (nSPS) is 13.2. The van der Waals surface area contributed by atoms with Gasteiger partial charge in [-0.25, -0.2) is 0 Å². The molecule has 2 aromatic carbocycles. The van der Waals surface area contributed by atoms with Crippen LogP contribution in [0.25, 0.3) is 0 Å². The standard InChI is InChI=1S/C15H10Cl2O/c1-8-6-12(16)11-7-9-4-2-3-5-10(9)15(18)13(11)14(8)17/h2-6H,7H2,1H3. The van der Waals surface area contributed by atoms with Gasteiger partial charge in [-0.1, -0.05) is 47.5 Å². The van der Waals surface area contributed by atoms with E-state index in [1.807, 2.05) is 37.3 Å². The largest absolute Gasteiger partial charge is 0.289 e. The third-order valence-electron chi connectivity index (χ3n) is 3.36. The zero-order valence-electron chi connectivity index (χ0n) is 9.76. The van der Waals surface area contributed by atoms with E-state index in [2.05, 4.69) is 0 Å². The van der Waals surface area contributed by atoms with Crippen molar-refractivity contribution in [2.24, 2.45) is 0 Å². The quantitative estimate of drug-likeness (QED) is 0.593. The molecule has 1 aliphatic carbocycles. The van der Waals surface area contributed by atoms with E-state index in [0.717, 1.165) is 22.3 Å². The van der Waals surface area contributed by atoms with Crippen LogP contribution in [0.1, 0.15) is 32.6 Å². The smallest absolute Gasteiger partial charge is 0.195 e. The summed E-state index contributed by atoms with van der Waals surface area (Å²) in [5.74, 6) is -0.0255. The van der Waals surface area contributed by atoms with Crippen molar-refractivity contribution in [2.45, 2.75) is 13.3 Å². The number of fused-ring (bicyclic) bond motifs is 2. The maximum absolute atomic E-state index is 12.5. The average molecular weight is 277 g/mol. The molecule has 18 heavy (non-hydrogen) atoms. The highest BCUT2D eigenvalue weighted by Crippen LogP contribution is 2.37. The first-order valence-electron chi connectivity index (χ1n) is 5.69. The molecule has 0 amide bonds. The van der Waals surface area contributed by atoms with E-state index >= 15 is 0 Å². The Kier molecular flexibility index (Phi) is 2.69. The summed E-state index contributed by atoms with van der Waals surface area (Å²) < 4.78 is 0. The number of hydrogen-bond donors (Lipinski definition) is 0. The van der Waals surface area contributed by atoms with Crippen molar-refractivity contribution in [3.05, 3.63) is 68.2 Å². The average Bonchev–Trinajstić information content (AvgIpc) is 2.36. The Morgan fingerprint density at radius 2 is 1.89 bits per heavy atom. The number of rotatable bonds is 0. The summed E-state index contributed by atoms with van der Waals surface area (Å²) in [4.78, 5) is 12.5. The van der Waals surface area contributed by atoms with E-state index in [1.165, 1.54) is 0 Å². The van der Waals surface area contributed by atoms with Crippen molar-refractivity contribution in [3.63, 3.8) is 0 Å². The molecule has 0 aliphatic heterocycles. The SMILES string of the molecule is Cc1cc(Cl)c2c(c1Cl)C(=O)c1ccccc1C2. The van der Waals surface area contributed by atoms with Crippen molar-refractivity contribution in [2.75, 3.05) is 0 Å². The van der Waals surface area contributed by atoms with Crippen molar-refractivity contribution in [3.8, 4) is 0 Å². The molecule has 0 saturated carbocycles. The first-order chi connectivity index (χ1) is 8.59. The van der Waals surface area contributed by atoms with Crippen molar-refractivity contribution in [1.82, 2.24) is 0 Å². The minimum Gasteiger partial charge on any atom is -0.289 e. The van der Waals surface area contributed by atoms with Gasteiger partial charge in [-0.05, 0) is 29.7 Å². The Balaban J connectivity index is 2.32. The van der Waals surface area contributed by atoms with Gasteiger partial charge in [0.1, 0.15) is 0 Å². The van der Waals surface area contributed by atoms with Crippen LogP contribution in [-0.4, -0.2) is 5.78 Å². The van der Waals surface area contributed by atoms with Gasteiger partial charge in [0.15, 0.2) is 5.78 Å². The molecule has 0 aromatic heterocycles. The second-order valence-corrected chi connectivity index (χ2v) is 5.29. The molecule has 0 saturated heterocycles. The summed E-state index contributed by atoms with van der Waals surface area (Å²) in [6.07, 6.45) is 0.663. The Bertz CT molecular complexity index is 674. The summed E-state index contributed by atoms with van der Waals surface area (Å²) >= 11 is 12.5. The summed E-state index contributed by atoms with van der Waals surface area (Å²) in [7, 11) is 0. The topological polar surface area (TPSA) is 17.1 Å². The van der Waals surface area contributed by atoms with E-state index in [4.69, 9.17) is 23.2 Å². The van der Waals surface area contributed by atoms with E-state index < -0.39 is 0 Å². The molecule has 3 heteroatoms. The van der Waals surface area contributed by atoms with Crippen LogP contribution in [0.15, 0.2) is 30.3 Å². The number of carbonyl (C=O) groups excluding carboxylic acids is 1. The highest BCUT2D eigenvalue weighted by Gasteiger charge is 2.27. The molecule has 90 valence electrons. The maximum atomic E-state index is 12.5. The van der Waals surface area contributed by atoms with Crippen LogP contribution < -0.4 is 0 Å². The molecular weight excluding hydrogens is 267 g/mol. The number of halogens is 2. The third-order valence-corrected chi connectivity index (χ3v) is 4.18. The molecule has 0 heterocycles. The van der Waals surface area contributed by atoms with E-state index in [1.54, 1.807) is 0 Å². The molecule has 1 nitrogen and oxygen atoms in total. The molecule has 0 bridgehead atoms. The van der Waals surface area contributed by atoms with Crippen LogP contribution in [0.5, 0.6) is 0 Å². The van der Waals surface area contributed by atoms with Crippen LogP contribution in [0, 0.1) is 6.92 Å². The van der Waals surface area contributed by atoms with Gasteiger partial charge < -0.3 is 0 Å². The number of aryl methyl sites for hydroxylation is 1. The molecule has 0 radical (unpaired) electrons. The van der Waals surface area contributed by atoms with Crippen LogP contribution in [-0.2, 0) is 6.42 Å². The first-order valence-corrected chi connectivity index (χ1v) is 6.45. The van der Waals surface area contributed by atoms with Gasteiger partial charge in [0.05, 0.1) is 5.02 Å². The Hall–Kier alpha value is -1.31. The van der Waals surface area contributed by atoms with Crippen LogP contribution in [0.2, 0.25) is 10.0 Å². The van der Waals surface area contributed by atoms with Crippen molar-refractivity contribution in [1.29, 1.82) is 0 Å². The highest BCUT2D eigenvalue weighted by molar-refractivity contribution is 6.38. The Morgan fingerprint density at radius 1 is 1.17 bits per heavy atom. The second kappa shape index (κ2) is 4.11. The summed E-state index contributed by atoms with van der Waals surface area (Å²) in [6.45, 7) is 1.86. The van der Waals surface area contributed by atoms with E-state index in [0.29, 0.717) is 22.0 Å². The monoisotopic (exact) mass is 276 g/mol. The minimum absolute atomic E-state index is 0.0255. The van der Waals surface area contributed by atoms with Crippen LogP contribution in [0.3, 0.4) is 0 Å². The molecule has 0 fully saturated rings. The molecule has 0 atom stereocenters. The molecule has 1 aliphatic rings. The number of benzene rings is 2. The van der Waals surface area contributed by atoms with Gasteiger partial charge >= 0.3 is 0 Å². The molecular formula is C15H10Cl2O. The lowest BCUT2D eigenvalue weighted by molar-refractivity contribution is 0.103. The maximum Gasteiger partial charge on any atom is 0.195 e. The zero-order valence-corrected chi connectivity index (χ0v) is 11.3. The van der Waals surface area contributed by atoms with Gasteiger partial charge in [0.25, 0.3) is 0 Å². The lowest BCUT2D eigenvalue weighted by Gasteiger charge is -2.21. The number of ketones is 1. The first kappa shape index (κ1) is 11.8. The summed E-state index contributed by atoms with van der Waals surface area (Å²) in [6, 6.07) is 9.42. The van der Waals surface area contributed by atoms with E-state index in [9.17, 15) is 4.79 Å². The van der Waals surface area contributed by atoms with Crippen molar-refractivity contribution >= 4 is 29.0 Å². The number of carbonyl (C=O) groups is 1. The summed E-state index contributed by atoms with van der Waals surface area (Å²) in [5, 5.41) is 1.14. The Labute approximate surface area is 115 Å². The molecule has 3 rings (SSSR count). The van der Waals surface area contributed by atoms with E-state index in [-0.39, 0.29) is 5.78 Å². The Morgan fingerprint density at radius 3 is 2.67 bits per heavy atom. The predicted octanol–water partition coefficient (Wildman–Crippen LogP) is 4.44. The molecule has 0 unspecified atom stereocenters. The fourth-order valence-electron chi connectivity index (χ4n) is 2.42. The molecule has 2 aromatic rings. The summed E-state index contributed by atoms with van der Waals surface area (Å²) in [5.41, 5.74) is 4.00. The van der Waals surface area contributed by atoms with Crippen LogP contribution in [0.4, 0.5) is 0 Å². The van der Waals surface area contributed by atoms with Gasteiger partial charge in [-0.3, -0.25) is 4.79 Å². The fourth-order valence-corrected chi connectivity index (χ4v) is 3.00. The molecule has 0 N–H and O–H groups in total. The molecule has 0 spiro atoms. The van der Waals surface area contributed by atoms with Gasteiger partial charge in [-0.2, -0.15) is 0 Å². The minimum atomic E-state index is -0.0255. The highest BCUT2D eigenvalue weighted by atomic mass is 35.5. The second-order valence-electron chi connectivity index (χ2n) is 4.51. The lowest BCUT2D eigenvalue weighted by Crippen LogP contribution is -2.16. The predicted molar refractivity (Wildman–Crippen MR) is 73.9 cm³/mol. The van der Waals surface area contributed by atoms with Crippen molar-refractivity contribution < 1.29 is 4.79 Å². The lowest BCUT2D eigenvalue weighted by atomic mass is 9.84. The van der Waals surface area contributed by atoms with Gasteiger partial charge in [0, 0.05) is 22.6 Å². The fraction of sp³-hybridized carbons (Fsp3) is 0.133. The van der Waals surface area contributed by atoms with Crippen LogP contribution >= 0.6 is 23.2 Å². The van der Waals surface area contributed by atoms with Gasteiger partial charge in [0.2, 0.25) is 0 Å². The zero-order chi connectivity index (χ0) is 12.9.